The van der Waals surface area contributed by atoms with E-state index in [-0.39, 0.29) is 41.0 Å². The monoisotopic (exact) mass is 367 g/mol. The first-order valence-corrected chi connectivity index (χ1v) is 9.30. The topological polar surface area (TPSA) is 90.0 Å². The lowest BCUT2D eigenvalue weighted by atomic mass is 9.85. The maximum Gasteiger partial charge on any atom is 0.238 e. The van der Waals surface area contributed by atoms with E-state index < -0.39 is 5.97 Å². The average molecular weight is 367 g/mol. The molecule has 7 nitrogen and oxygen atoms in total. The zero-order chi connectivity index (χ0) is 18.7. The highest BCUT2D eigenvalue weighted by Crippen LogP contribution is 2.54. The highest BCUT2D eigenvalue weighted by atomic mass is 16.5. The van der Waals surface area contributed by atoms with Crippen molar-refractivity contribution in [3.63, 3.8) is 0 Å². The fourth-order valence-electron chi connectivity index (χ4n) is 5.04. The SMILES string of the molecule is O=C([O-])c1ccc(N2CCOCC2)c(N2C(=O)[C@@H]3[C@@H](C2=O)[C@@H]2C=C[C@@H]3C2)c1. The first-order valence-electron chi connectivity index (χ1n) is 9.30. The third-order valence-corrected chi connectivity index (χ3v) is 6.27. The normalized spacial score (nSPS) is 31.7. The van der Waals surface area contributed by atoms with Crippen molar-refractivity contribution in [3.8, 4) is 0 Å². The number of carbonyl (C=O) groups is 3. The van der Waals surface area contributed by atoms with Crippen LogP contribution in [0.3, 0.4) is 0 Å². The Balaban J connectivity index is 1.59. The number of carbonyl (C=O) groups excluding carboxylic acids is 3. The Kier molecular flexibility index (Phi) is 3.62. The number of carboxylic acid groups (broad SMARTS) is 1. The first kappa shape index (κ1) is 16.5. The summed E-state index contributed by atoms with van der Waals surface area (Å²) in [4.78, 5) is 41.0. The molecule has 0 N–H and O–H groups in total. The molecule has 4 aliphatic rings. The summed E-state index contributed by atoms with van der Waals surface area (Å²) < 4.78 is 5.39. The molecular weight excluding hydrogens is 348 g/mol. The van der Waals surface area contributed by atoms with Gasteiger partial charge in [0.05, 0.1) is 42.4 Å². The molecule has 2 aliphatic carbocycles. The fraction of sp³-hybridized carbons (Fsp3) is 0.450. The van der Waals surface area contributed by atoms with Gasteiger partial charge in [0.2, 0.25) is 11.8 Å². The summed E-state index contributed by atoms with van der Waals surface area (Å²) in [5.74, 6) is -2.19. The van der Waals surface area contributed by atoms with Crippen LogP contribution in [-0.4, -0.2) is 44.1 Å². The van der Waals surface area contributed by atoms with E-state index in [9.17, 15) is 19.5 Å². The molecule has 1 aromatic carbocycles. The number of hydrogen-bond acceptors (Lipinski definition) is 6. The van der Waals surface area contributed by atoms with Crippen molar-refractivity contribution in [2.45, 2.75) is 6.42 Å². The van der Waals surface area contributed by atoms with Crippen LogP contribution in [0, 0.1) is 23.7 Å². The first-order chi connectivity index (χ1) is 13.1. The minimum atomic E-state index is -1.33. The van der Waals surface area contributed by atoms with Crippen LogP contribution in [0.15, 0.2) is 30.4 Å². The number of carboxylic acids is 1. The molecule has 5 rings (SSSR count). The molecule has 4 atom stereocenters. The van der Waals surface area contributed by atoms with Crippen LogP contribution in [-0.2, 0) is 14.3 Å². The summed E-state index contributed by atoms with van der Waals surface area (Å²) in [7, 11) is 0. The van der Waals surface area contributed by atoms with Crippen LogP contribution in [0.5, 0.6) is 0 Å². The number of rotatable bonds is 3. The van der Waals surface area contributed by atoms with Crippen LogP contribution in [0.1, 0.15) is 16.8 Å². The van der Waals surface area contributed by atoms with Crippen molar-refractivity contribution >= 4 is 29.2 Å². The molecule has 27 heavy (non-hydrogen) atoms. The molecule has 1 saturated carbocycles. The summed E-state index contributed by atoms with van der Waals surface area (Å²) in [6, 6.07) is 4.51. The molecule has 2 bridgehead atoms. The number of ether oxygens (including phenoxy) is 1. The van der Waals surface area contributed by atoms with Gasteiger partial charge in [0, 0.05) is 13.1 Å². The lowest BCUT2D eigenvalue weighted by molar-refractivity contribution is -0.255. The minimum absolute atomic E-state index is 0.0410. The van der Waals surface area contributed by atoms with Crippen molar-refractivity contribution in [1.82, 2.24) is 0 Å². The number of aromatic carboxylic acids is 1. The Morgan fingerprint density at radius 1 is 1.00 bits per heavy atom. The lowest BCUT2D eigenvalue weighted by Crippen LogP contribution is -2.39. The number of morpholine rings is 1. The van der Waals surface area contributed by atoms with Gasteiger partial charge >= 0.3 is 0 Å². The molecular formula is C20H19N2O5-. The fourth-order valence-corrected chi connectivity index (χ4v) is 5.04. The van der Waals surface area contributed by atoms with Gasteiger partial charge in [-0.25, -0.2) is 4.90 Å². The summed E-state index contributed by atoms with van der Waals surface area (Å²) in [5, 5.41) is 11.4. The lowest BCUT2D eigenvalue weighted by Gasteiger charge is -2.32. The van der Waals surface area contributed by atoms with E-state index in [0.29, 0.717) is 37.7 Å². The van der Waals surface area contributed by atoms with Crippen molar-refractivity contribution < 1.29 is 24.2 Å². The molecule has 0 aromatic heterocycles. The molecule has 2 heterocycles. The molecule has 3 fully saturated rings. The Morgan fingerprint density at radius 2 is 1.63 bits per heavy atom. The number of fused-ring (bicyclic) bond motifs is 5. The molecule has 1 aromatic rings. The largest absolute Gasteiger partial charge is 0.545 e. The smallest absolute Gasteiger partial charge is 0.238 e. The van der Waals surface area contributed by atoms with E-state index in [2.05, 4.69) is 0 Å². The highest BCUT2D eigenvalue weighted by molar-refractivity contribution is 6.24. The molecule has 0 radical (unpaired) electrons. The predicted molar refractivity (Wildman–Crippen MR) is 94.0 cm³/mol. The van der Waals surface area contributed by atoms with E-state index in [4.69, 9.17) is 4.74 Å². The van der Waals surface area contributed by atoms with Gasteiger partial charge in [-0.1, -0.05) is 18.2 Å². The van der Waals surface area contributed by atoms with E-state index in [1.165, 1.54) is 17.0 Å². The van der Waals surface area contributed by atoms with Crippen molar-refractivity contribution in [2.24, 2.45) is 23.7 Å². The Bertz CT molecular complexity index is 843. The van der Waals surface area contributed by atoms with Gasteiger partial charge in [-0.3, -0.25) is 9.59 Å². The third kappa shape index (κ3) is 2.34. The summed E-state index contributed by atoms with van der Waals surface area (Å²) in [6.07, 6.45) is 4.94. The van der Waals surface area contributed by atoms with Crippen LogP contribution in [0.2, 0.25) is 0 Å². The van der Waals surface area contributed by atoms with E-state index in [1.807, 2.05) is 17.1 Å². The summed E-state index contributed by atoms with van der Waals surface area (Å²) in [5.41, 5.74) is 0.994. The van der Waals surface area contributed by atoms with Crippen LogP contribution in [0.25, 0.3) is 0 Å². The molecule has 2 saturated heterocycles. The molecule has 0 unspecified atom stereocenters. The van der Waals surface area contributed by atoms with E-state index >= 15 is 0 Å². The Labute approximate surface area is 156 Å². The van der Waals surface area contributed by atoms with Gasteiger partial charge in [-0.15, -0.1) is 0 Å². The quantitative estimate of drug-likeness (QED) is 0.560. The number of allylic oxidation sites excluding steroid dienone is 2. The number of anilines is 2. The predicted octanol–water partition coefficient (Wildman–Crippen LogP) is 0.198. The van der Waals surface area contributed by atoms with E-state index in [1.54, 1.807) is 6.07 Å². The van der Waals surface area contributed by atoms with Gasteiger partial charge in [0.15, 0.2) is 0 Å². The van der Waals surface area contributed by atoms with Gasteiger partial charge in [-0.05, 0) is 36.0 Å². The third-order valence-electron chi connectivity index (χ3n) is 6.27. The molecule has 140 valence electrons. The number of amides is 2. The van der Waals surface area contributed by atoms with Gasteiger partial charge in [-0.2, -0.15) is 0 Å². The molecule has 7 heteroatoms. The highest BCUT2D eigenvalue weighted by Gasteiger charge is 2.59. The van der Waals surface area contributed by atoms with Gasteiger partial charge in [0.1, 0.15) is 0 Å². The number of benzene rings is 1. The van der Waals surface area contributed by atoms with Crippen molar-refractivity contribution in [1.29, 1.82) is 0 Å². The summed E-state index contributed by atoms with van der Waals surface area (Å²) >= 11 is 0. The van der Waals surface area contributed by atoms with Crippen LogP contribution in [0.4, 0.5) is 11.4 Å². The number of imide groups is 1. The van der Waals surface area contributed by atoms with Gasteiger partial charge < -0.3 is 19.5 Å². The Morgan fingerprint density at radius 3 is 2.22 bits per heavy atom. The average Bonchev–Trinajstić information content (AvgIpc) is 3.36. The minimum Gasteiger partial charge on any atom is -0.545 e. The summed E-state index contributed by atoms with van der Waals surface area (Å²) in [6.45, 7) is 2.33. The van der Waals surface area contributed by atoms with Crippen LogP contribution < -0.4 is 14.9 Å². The zero-order valence-corrected chi connectivity index (χ0v) is 14.7. The Hall–Kier alpha value is -2.67. The van der Waals surface area contributed by atoms with Crippen molar-refractivity contribution in [2.75, 3.05) is 36.1 Å². The van der Waals surface area contributed by atoms with Crippen molar-refractivity contribution in [3.05, 3.63) is 35.9 Å². The number of nitrogens with zero attached hydrogens (tertiary/aromatic N) is 2. The molecule has 2 amide bonds. The van der Waals surface area contributed by atoms with Gasteiger partial charge in [0.25, 0.3) is 0 Å². The maximum absolute atomic E-state index is 13.2. The second-order valence-corrected chi connectivity index (χ2v) is 7.60. The van der Waals surface area contributed by atoms with E-state index in [0.717, 1.165) is 6.42 Å². The second kappa shape index (κ2) is 5.92. The zero-order valence-electron chi connectivity index (χ0n) is 14.7. The molecule has 0 spiro atoms. The second-order valence-electron chi connectivity index (χ2n) is 7.60. The van der Waals surface area contributed by atoms with Crippen LogP contribution >= 0.6 is 0 Å². The number of hydrogen-bond donors (Lipinski definition) is 0. The molecule has 2 aliphatic heterocycles. The maximum atomic E-state index is 13.2. The standard InChI is InChI=1S/C20H20N2O5/c23-18-16-11-1-2-12(9-11)17(16)19(24)22(18)15-10-13(20(25)26)3-4-14(15)21-5-7-27-8-6-21/h1-4,10-12,16-17H,5-9H2,(H,25,26)/p-1/t11-,12-,16+,17+/m1/s1.